The van der Waals surface area contributed by atoms with Crippen LogP contribution in [-0.4, -0.2) is 37.1 Å². The van der Waals surface area contributed by atoms with Crippen molar-refractivity contribution in [1.29, 1.82) is 0 Å². The third kappa shape index (κ3) is 9.11. The Morgan fingerprint density at radius 3 is 1.75 bits per heavy atom. The van der Waals surface area contributed by atoms with Gasteiger partial charge in [0, 0.05) is 27.8 Å². The molecule has 48 heavy (non-hydrogen) atoms. The molecule has 0 aliphatic heterocycles. The Hall–Kier alpha value is -4.47. The van der Waals surface area contributed by atoms with Crippen molar-refractivity contribution in [2.45, 2.75) is 26.2 Å². The summed E-state index contributed by atoms with van der Waals surface area (Å²) in [6.45, 7) is 3.79. The van der Waals surface area contributed by atoms with Crippen molar-refractivity contribution in [3.8, 4) is 22.3 Å². The summed E-state index contributed by atoms with van der Waals surface area (Å²) < 4.78 is 30.8. The molecule has 0 aliphatic carbocycles. The Morgan fingerprint density at radius 1 is 0.729 bits per heavy atom. The molecule has 0 heterocycles. The van der Waals surface area contributed by atoms with Gasteiger partial charge in [-0.25, -0.2) is 0 Å². The van der Waals surface area contributed by atoms with E-state index in [1.807, 2.05) is 98.8 Å². The van der Waals surface area contributed by atoms with E-state index in [0.717, 1.165) is 44.5 Å². The lowest BCUT2D eigenvalue weighted by molar-refractivity contribution is -0.117. The number of rotatable bonds is 11. The van der Waals surface area contributed by atoms with Crippen LogP contribution < -0.4 is 10.6 Å². The van der Waals surface area contributed by atoms with Crippen LogP contribution in [-0.2, 0) is 21.3 Å². The fraction of sp³-hybridized carbons (Fsp3) is 0.158. The summed E-state index contributed by atoms with van der Waals surface area (Å²) in [5.74, 6) is -1.79. The second-order valence-corrected chi connectivity index (χ2v) is 14.0. The fourth-order valence-electron chi connectivity index (χ4n) is 5.54. The van der Waals surface area contributed by atoms with Crippen LogP contribution in [0.4, 0.5) is 5.69 Å². The Kier molecular flexibility index (Phi) is 11.0. The second kappa shape index (κ2) is 15.2. The van der Waals surface area contributed by atoms with Crippen LogP contribution in [0.15, 0.2) is 109 Å². The quantitative estimate of drug-likeness (QED) is 0.120. The van der Waals surface area contributed by atoms with Gasteiger partial charge in [0.2, 0.25) is 5.91 Å². The molecular weight excluding hydrogens is 667 g/mol. The molecule has 3 N–H and O–H groups in total. The van der Waals surface area contributed by atoms with Crippen molar-refractivity contribution < 1.29 is 22.6 Å². The summed E-state index contributed by atoms with van der Waals surface area (Å²) in [6.07, 6.45) is 0.359. The standard InChI is InChI=1S/C38H34Cl2N2O5S/c1-24-21-31(39)13-17-34(24)27-7-9-29(10-8-27)36(23-26-3-5-30(6-4-26)37(43)41-19-20-48(45,46)47)38(44)42-33-15-11-28(12-16-33)35-18-14-32(40)22-25(35)2/h3-18,21-22,36H,19-20,23H2,1-2H3,(H,41,43)(H,42,44)(H,45,46,47). The van der Waals surface area contributed by atoms with E-state index in [0.29, 0.717) is 27.7 Å². The minimum Gasteiger partial charge on any atom is -0.351 e. The van der Waals surface area contributed by atoms with E-state index < -0.39 is 27.7 Å². The number of anilines is 1. The number of nitrogens with one attached hydrogen (secondary N) is 2. The fourth-order valence-corrected chi connectivity index (χ4v) is 6.36. The maximum atomic E-state index is 13.9. The molecule has 246 valence electrons. The first-order valence-corrected chi connectivity index (χ1v) is 17.6. The summed E-state index contributed by atoms with van der Waals surface area (Å²) in [5, 5.41) is 6.90. The van der Waals surface area contributed by atoms with E-state index in [1.54, 1.807) is 24.3 Å². The molecule has 1 unspecified atom stereocenters. The zero-order valence-corrected chi connectivity index (χ0v) is 28.7. The van der Waals surface area contributed by atoms with E-state index in [1.165, 1.54) is 0 Å². The Bertz CT molecular complexity index is 2050. The highest BCUT2D eigenvalue weighted by Crippen LogP contribution is 2.31. The van der Waals surface area contributed by atoms with E-state index in [4.69, 9.17) is 27.8 Å². The predicted molar refractivity (Wildman–Crippen MR) is 194 cm³/mol. The number of benzene rings is 5. The number of carbonyl (C=O) groups excluding carboxylic acids is 2. The zero-order chi connectivity index (χ0) is 34.4. The summed E-state index contributed by atoms with van der Waals surface area (Å²) in [5.41, 5.74) is 8.86. The molecule has 0 radical (unpaired) electrons. The highest BCUT2D eigenvalue weighted by molar-refractivity contribution is 7.85. The average molecular weight is 702 g/mol. The molecule has 0 bridgehead atoms. The topological polar surface area (TPSA) is 113 Å². The van der Waals surface area contributed by atoms with Crippen LogP contribution in [0.2, 0.25) is 10.0 Å². The first kappa shape index (κ1) is 34.9. The molecule has 0 saturated heterocycles. The van der Waals surface area contributed by atoms with Crippen molar-refractivity contribution >= 4 is 50.8 Å². The molecule has 0 saturated carbocycles. The minimum absolute atomic E-state index is 0.187. The normalized spacial score (nSPS) is 11.9. The Labute approximate surface area is 290 Å². The van der Waals surface area contributed by atoms with Gasteiger partial charge in [-0.15, -0.1) is 0 Å². The van der Waals surface area contributed by atoms with Crippen LogP contribution in [0.3, 0.4) is 0 Å². The van der Waals surface area contributed by atoms with Crippen LogP contribution in [0, 0.1) is 13.8 Å². The third-order valence-electron chi connectivity index (χ3n) is 8.08. The second-order valence-electron chi connectivity index (χ2n) is 11.6. The molecule has 0 fully saturated rings. The van der Waals surface area contributed by atoms with Gasteiger partial charge in [0.1, 0.15) is 0 Å². The number of hydrogen-bond acceptors (Lipinski definition) is 4. The highest BCUT2D eigenvalue weighted by atomic mass is 35.5. The highest BCUT2D eigenvalue weighted by Gasteiger charge is 2.22. The molecule has 5 aromatic rings. The summed E-state index contributed by atoms with van der Waals surface area (Å²) in [4.78, 5) is 26.4. The van der Waals surface area contributed by atoms with Gasteiger partial charge in [0.25, 0.3) is 16.0 Å². The SMILES string of the molecule is Cc1cc(Cl)ccc1-c1ccc(NC(=O)C(Cc2ccc(C(=O)NCCS(=O)(=O)O)cc2)c2ccc(-c3ccc(Cl)cc3C)cc2)cc1. The Balaban J connectivity index is 1.37. The lowest BCUT2D eigenvalue weighted by Crippen LogP contribution is -2.28. The van der Waals surface area contributed by atoms with Crippen molar-refractivity contribution in [3.05, 3.63) is 147 Å². The van der Waals surface area contributed by atoms with Crippen LogP contribution >= 0.6 is 23.2 Å². The van der Waals surface area contributed by atoms with Gasteiger partial charge in [-0.3, -0.25) is 14.1 Å². The molecule has 0 aromatic heterocycles. The first-order valence-electron chi connectivity index (χ1n) is 15.2. The monoisotopic (exact) mass is 700 g/mol. The number of aryl methyl sites for hydroxylation is 2. The van der Waals surface area contributed by atoms with Crippen molar-refractivity contribution in [1.82, 2.24) is 5.32 Å². The van der Waals surface area contributed by atoms with Gasteiger partial charge >= 0.3 is 0 Å². The van der Waals surface area contributed by atoms with Crippen LogP contribution in [0.5, 0.6) is 0 Å². The van der Waals surface area contributed by atoms with E-state index in [-0.39, 0.29) is 12.5 Å². The molecule has 0 aliphatic rings. The van der Waals surface area contributed by atoms with Gasteiger partial charge in [-0.2, -0.15) is 8.42 Å². The first-order chi connectivity index (χ1) is 22.9. The molecule has 0 spiro atoms. The molecule has 5 rings (SSSR count). The number of amides is 2. The maximum absolute atomic E-state index is 13.9. The van der Waals surface area contributed by atoms with Crippen molar-refractivity contribution in [2.24, 2.45) is 0 Å². The summed E-state index contributed by atoms with van der Waals surface area (Å²) in [6, 6.07) is 33.9. The predicted octanol–water partition coefficient (Wildman–Crippen LogP) is 8.53. The van der Waals surface area contributed by atoms with Gasteiger partial charge < -0.3 is 10.6 Å². The number of halogens is 2. The van der Waals surface area contributed by atoms with Gasteiger partial charge in [0.05, 0.1) is 11.7 Å². The van der Waals surface area contributed by atoms with Crippen molar-refractivity contribution in [3.63, 3.8) is 0 Å². The smallest absolute Gasteiger partial charge is 0.266 e. The number of carbonyl (C=O) groups is 2. The minimum atomic E-state index is -4.18. The lowest BCUT2D eigenvalue weighted by Gasteiger charge is -2.19. The third-order valence-corrected chi connectivity index (χ3v) is 9.27. The average Bonchev–Trinajstić information content (AvgIpc) is 3.04. The van der Waals surface area contributed by atoms with Crippen molar-refractivity contribution in [2.75, 3.05) is 17.6 Å². The lowest BCUT2D eigenvalue weighted by atomic mass is 9.89. The summed E-state index contributed by atoms with van der Waals surface area (Å²) >= 11 is 12.3. The van der Waals surface area contributed by atoms with E-state index >= 15 is 0 Å². The van der Waals surface area contributed by atoms with Crippen LogP contribution in [0.1, 0.15) is 38.5 Å². The zero-order valence-electron chi connectivity index (χ0n) is 26.3. The summed E-state index contributed by atoms with van der Waals surface area (Å²) in [7, 11) is -4.18. The van der Waals surface area contributed by atoms with E-state index in [2.05, 4.69) is 10.6 Å². The number of hydrogen-bond donors (Lipinski definition) is 3. The van der Waals surface area contributed by atoms with Gasteiger partial charge in [-0.1, -0.05) is 83.9 Å². The van der Waals surface area contributed by atoms with Crippen LogP contribution in [0.25, 0.3) is 22.3 Å². The Morgan fingerprint density at radius 2 is 1.25 bits per heavy atom. The molecule has 10 heteroatoms. The maximum Gasteiger partial charge on any atom is 0.266 e. The molecular formula is C38H34Cl2N2O5S. The van der Waals surface area contributed by atoms with E-state index in [9.17, 15) is 18.0 Å². The molecule has 7 nitrogen and oxygen atoms in total. The molecule has 2 amide bonds. The molecule has 1 atom stereocenters. The van der Waals surface area contributed by atoms with Gasteiger partial charge in [-0.05, 0) is 113 Å². The molecule has 5 aromatic carbocycles. The largest absolute Gasteiger partial charge is 0.351 e. The van der Waals surface area contributed by atoms with Gasteiger partial charge in [0.15, 0.2) is 0 Å².